The molecule has 1 N–H and O–H groups in total. The van der Waals surface area contributed by atoms with Gasteiger partial charge in [-0.2, -0.15) is 5.26 Å². The van der Waals surface area contributed by atoms with Crippen LogP contribution in [0.25, 0.3) is 5.73 Å². The zero-order chi connectivity index (χ0) is 14.9. The van der Waals surface area contributed by atoms with Gasteiger partial charge < -0.3 is 20.4 Å². The molecule has 1 aromatic rings. The first-order valence-electron chi connectivity index (χ1n) is 7.64. The summed E-state index contributed by atoms with van der Waals surface area (Å²) < 4.78 is 5.40. The number of aromatic nitrogens is 1. The smallest absolute Gasteiger partial charge is 0.0866 e. The zero-order valence-corrected chi connectivity index (χ0v) is 13.9. The van der Waals surface area contributed by atoms with E-state index in [2.05, 4.69) is 22.9 Å². The van der Waals surface area contributed by atoms with Gasteiger partial charge in [0.2, 0.25) is 0 Å². The molecule has 0 bridgehead atoms. The molecule has 5 nitrogen and oxygen atoms in total. The summed E-state index contributed by atoms with van der Waals surface area (Å²) in [4.78, 5) is 6.63. The van der Waals surface area contributed by atoms with E-state index in [0.29, 0.717) is 32.1 Å². The molecule has 1 aromatic heterocycles. The van der Waals surface area contributed by atoms with Crippen LogP contribution in [-0.4, -0.2) is 30.8 Å². The first-order chi connectivity index (χ1) is 10.1. The van der Waals surface area contributed by atoms with Gasteiger partial charge in [0.15, 0.2) is 0 Å². The summed E-state index contributed by atoms with van der Waals surface area (Å²) in [5.74, 6) is 1.10. The van der Waals surface area contributed by atoms with Gasteiger partial charge in [0.05, 0.1) is 11.5 Å². The Labute approximate surface area is 142 Å². The Morgan fingerprint density at radius 3 is 2.73 bits per heavy atom. The molecular weight excluding hydrogens is 320 g/mol. The Bertz CT molecular complexity index is 566. The predicted molar refractivity (Wildman–Crippen MR) is 81.6 cm³/mol. The third-order valence-electron chi connectivity index (χ3n) is 4.77. The fourth-order valence-electron chi connectivity index (χ4n) is 3.40. The number of nitrogens with one attached hydrogen (secondary N) is 1. The van der Waals surface area contributed by atoms with Crippen molar-refractivity contribution in [3.63, 3.8) is 0 Å². The van der Waals surface area contributed by atoms with E-state index in [4.69, 9.17) is 10.5 Å². The van der Waals surface area contributed by atoms with Gasteiger partial charge in [-0.15, -0.1) is 0 Å². The third kappa shape index (κ3) is 3.08. The van der Waals surface area contributed by atoms with Gasteiger partial charge in [-0.05, 0) is 44.2 Å². The van der Waals surface area contributed by atoms with Gasteiger partial charge in [-0.3, -0.25) is 0 Å². The number of nitrogens with zero attached hydrogens (tertiary/aromatic N) is 3. The van der Waals surface area contributed by atoms with Crippen LogP contribution in [0.15, 0.2) is 12.1 Å². The molecular formula is C16H21FeN4O-. The minimum absolute atomic E-state index is 0. The standard InChI is InChI=1S/C16H21N4O.Fe/c1-12-3-2-6-20(12)15-10-13(9-14(18)19-15)16(11-17)4-7-21-8-5-16;/h9-10,12H,2-8H2,1H3,(H-,18,19);/q-1;. The minimum atomic E-state index is -0.519. The van der Waals surface area contributed by atoms with Crippen molar-refractivity contribution >= 4 is 11.6 Å². The van der Waals surface area contributed by atoms with Crippen LogP contribution in [0.4, 0.5) is 11.6 Å². The van der Waals surface area contributed by atoms with Crippen molar-refractivity contribution in [2.24, 2.45) is 0 Å². The molecule has 0 aromatic carbocycles. The summed E-state index contributed by atoms with van der Waals surface area (Å²) in [5.41, 5.74) is 8.42. The molecule has 0 aliphatic carbocycles. The topological polar surface area (TPSA) is 73.0 Å². The van der Waals surface area contributed by atoms with Crippen LogP contribution >= 0.6 is 0 Å². The van der Waals surface area contributed by atoms with Crippen LogP contribution in [0.3, 0.4) is 0 Å². The molecule has 0 spiro atoms. The number of nitriles is 1. The summed E-state index contributed by atoms with van der Waals surface area (Å²) in [7, 11) is 0. The van der Waals surface area contributed by atoms with E-state index in [1.54, 1.807) is 6.07 Å². The van der Waals surface area contributed by atoms with Gasteiger partial charge in [0, 0.05) is 48.7 Å². The normalized spacial score (nSPS) is 23.6. The van der Waals surface area contributed by atoms with Gasteiger partial charge >= 0.3 is 0 Å². The van der Waals surface area contributed by atoms with Crippen molar-refractivity contribution in [1.29, 1.82) is 5.26 Å². The van der Waals surface area contributed by atoms with Crippen molar-refractivity contribution in [2.75, 3.05) is 24.7 Å². The fourth-order valence-corrected chi connectivity index (χ4v) is 3.40. The van der Waals surface area contributed by atoms with E-state index in [-0.39, 0.29) is 22.9 Å². The maximum atomic E-state index is 9.69. The van der Waals surface area contributed by atoms with Crippen molar-refractivity contribution in [1.82, 2.24) is 4.98 Å². The average molecular weight is 341 g/mol. The van der Waals surface area contributed by atoms with Crippen LogP contribution in [0.1, 0.15) is 38.2 Å². The molecule has 3 heterocycles. The Morgan fingerprint density at radius 1 is 1.41 bits per heavy atom. The van der Waals surface area contributed by atoms with Crippen molar-refractivity contribution < 1.29 is 21.8 Å². The summed E-state index contributed by atoms with van der Waals surface area (Å²) >= 11 is 0. The Kier molecular flexibility index (Phi) is 5.33. The predicted octanol–water partition coefficient (Wildman–Crippen LogP) is 3.32. The van der Waals surface area contributed by atoms with Gasteiger partial charge in [0.1, 0.15) is 0 Å². The molecule has 22 heavy (non-hydrogen) atoms. The minimum Gasteiger partial charge on any atom is -0.482 e. The van der Waals surface area contributed by atoms with E-state index in [0.717, 1.165) is 30.8 Å². The fraction of sp³-hybridized carbons (Fsp3) is 0.625. The second-order valence-electron chi connectivity index (χ2n) is 6.09. The molecule has 2 aliphatic rings. The summed E-state index contributed by atoms with van der Waals surface area (Å²) in [5, 5.41) is 9.69. The molecule has 6 heteroatoms. The SMILES string of the molecule is CC1CCCN1c1cc(C2(C#N)CCOCC2)cc([NH-])n1.[Fe]. The molecule has 2 saturated heterocycles. The first kappa shape index (κ1) is 17.1. The number of ether oxygens (including phenoxy) is 1. The van der Waals surface area contributed by atoms with Crippen molar-refractivity contribution in [3.05, 3.63) is 23.4 Å². The molecule has 120 valence electrons. The molecule has 1 atom stereocenters. The molecule has 1 unspecified atom stereocenters. The van der Waals surface area contributed by atoms with Gasteiger partial charge in [-0.1, -0.05) is 11.9 Å². The maximum absolute atomic E-state index is 9.69. The van der Waals surface area contributed by atoms with E-state index in [1.165, 1.54) is 0 Å². The Morgan fingerprint density at radius 2 is 2.14 bits per heavy atom. The van der Waals surface area contributed by atoms with Crippen molar-refractivity contribution in [3.8, 4) is 6.07 Å². The van der Waals surface area contributed by atoms with Gasteiger partial charge in [-0.25, -0.2) is 0 Å². The van der Waals surface area contributed by atoms with E-state index in [9.17, 15) is 5.26 Å². The number of hydrogen-bond donors (Lipinski definition) is 0. The summed E-state index contributed by atoms with van der Waals surface area (Å²) in [6.45, 7) is 4.40. The summed E-state index contributed by atoms with van der Waals surface area (Å²) in [6.07, 6.45) is 3.72. The second-order valence-corrected chi connectivity index (χ2v) is 6.09. The van der Waals surface area contributed by atoms with Crippen LogP contribution in [0.2, 0.25) is 0 Å². The number of pyridine rings is 1. The molecule has 0 radical (unpaired) electrons. The maximum Gasteiger partial charge on any atom is 0.0866 e. The number of rotatable bonds is 2. The second kappa shape index (κ2) is 6.87. The monoisotopic (exact) mass is 341 g/mol. The van der Waals surface area contributed by atoms with Crippen molar-refractivity contribution in [2.45, 2.75) is 44.1 Å². The van der Waals surface area contributed by atoms with E-state index in [1.807, 2.05) is 6.07 Å². The molecule has 2 aliphatic heterocycles. The quantitative estimate of drug-likeness (QED) is 0.774. The molecule has 2 fully saturated rings. The Balaban J connectivity index is 0.00000176. The number of anilines is 1. The molecule has 0 amide bonds. The van der Waals surface area contributed by atoms with Crippen LogP contribution in [-0.2, 0) is 27.2 Å². The third-order valence-corrected chi connectivity index (χ3v) is 4.77. The summed E-state index contributed by atoms with van der Waals surface area (Å²) in [6, 6.07) is 6.71. The largest absolute Gasteiger partial charge is 0.482 e. The number of hydrogen-bond acceptors (Lipinski definition) is 4. The molecule has 3 rings (SSSR count). The van der Waals surface area contributed by atoms with Crippen LogP contribution in [0.5, 0.6) is 0 Å². The van der Waals surface area contributed by atoms with Crippen LogP contribution < -0.4 is 4.90 Å². The Hall–Kier alpha value is -1.28. The molecule has 0 saturated carbocycles. The van der Waals surface area contributed by atoms with Crippen LogP contribution in [0, 0.1) is 11.3 Å². The van der Waals surface area contributed by atoms with E-state index >= 15 is 0 Å². The average Bonchev–Trinajstić information content (AvgIpc) is 2.93. The first-order valence-corrected chi connectivity index (χ1v) is 7.64. The van der Waals surface area contributed by atoms with Gasteiger partial charge in [0.25, 0.3) is 0 Å². The van der Waals surface area contributed by atoms with E-state index < -0.39 is 5.41 Å². The zero-order valence-electron chi connectivity index (χ0n) is 12.8.